The number of para-hydroxylation sites is 1. The normalized spacial score (nSPS) is 16.2. The van der Waals surface area contributed by atoms with Crippen molar-refractivity contribution in [3.05, 3.63) is 60.2 Å². The zero-order chi connectivity index (χ0) is 17.5. The molecule has 1 aliphatic heterocycles. The maximum absolute atomic E-state index is 12.3. The van der Waals surface area contributed by atoms with Crippen LogP contribution < -0.4 is 16.0 Å². The summed E-state index contributed by atoms with van der Waals surface area (Å²) < 4.78 is 5.52. The molecule has 1 fully saturated rings. The van der Waals surface area contributed by atoms with E-state index < -0.39 is 0 Å². The number of thiocarbonyl (C=S) groups is 1. The molecule has 3 rings (SSSR count). The summed E-state index contributed by atoms with van der Waals surface area (Å²) in [7, 11) is 0. The van der Waals surface area contributed by atoms with Gasteiger partial charge in [0.05, 0.1) is 6.10 Å². The van der Waals surface area contributed by atoms with Crippen molar-refractivity contribution in [1.29, 1.82) is 0 Å². The summed E-state index contributed by atoms with van der Waals surface area (Å²) in [4.78, 5) is 12.3. The molecule has 2 aromatic rings. The van der Waals surface area contributed by atoms with Crippen LogP contribution in [0.15, 0.2) is 54.6 Å². The molecule has 1 saturated heterocycles. The third-order valence-corrected chi connectivity index (χ3v) is 4.13. The highest BCUT2D eigenvalue weighted by Gasteiger charge is 2.16. The largest absolute Gasteiger partial charge is 0.376 e. The molecule has 0 saturated carbocycles. The summed E-state index contributed by atoms with van der Waals surface area (Å²) >= 11 is 5.31. The number of anilines is 2. The fraction of sp³-hybridized carbons (Fsp3) is 0.263. The van der Waals surface area contributed by atoms with Gasteiger partial charge < -0.3 is 20.7 Å². The first-order valence-electron chi connectivity index (χ1n) is 8.33. The standard InChI is InChI=1S/C19H21N3O2S/c23-18(20-13-17-10-5-11-24-17)14-6-4-9-16(12-14)22-19(25)21-15-7-2-1-3-8-15/h1-4,6-9,12,17H,5,10-11,13H2,(H,20,23)(H2,21,22,25)/t17-/m1/s1. The van der Waals surface area contributed by atoms with Gasteiger partial charge in [-0.1, -0.05) is 24.3 Å². The Kier molecular flexibility index (Phi) is 5.98. The minimum Gasteiger partial charge on any atom is -0.376 e. The van der Waals surface area contributed by atoms with E-state index in [0.717, 1.165) is 30.8 Å². The molecule has 3 N–H and O–H groups in total. The van der Waals surface area contributed by atoms with Crippen molar-refractivity contribution >= 4 is 34.6 Å². The van der Waals surface area contributed by atoms with Crippen LogP contribution in [0.4, 0.5) is 11.4 Å². The Labute approximate surface area is 152 Å². The lowest BCUT2D eigenvalue weighted by Gasteiger charge is -2.13. The van der Waals surface area contributed by atoms with Gasteiger partial charge in [-0.05, 0) is 55.4 Å². The van der Waals surface area contributed by atoms with Crippen LogP contribution in [0.25, 0.3) is 0 Å². The van der Waals surface area contributed by atoms with Crippen LogP contribution in [-0.4, -0.2) is 30.3 Å². The van der Waals surface area contributed by atoms with Crippen LogP contribution in [0, 0.1) is 0 Å². The lowest BCUT2D eigenvalue weighted by molar-refractivity contribution is 0.0858. The molecule has 130 valence electrons. The van der Waals surface area contributed by atoms with Crippen molar-refractivity contribution in [3.63, 3.8) is 0 Å². The molecule has 0 radical (unpaired) electrons. The molecule has 1 amide bonds. The number of hydrogen-bond acceptors (Lipinski definition) is 3. The second-order valence-electron chi connectivity index (χ2n) is 5.87. The zero-order valence-corrected chi connectivity index (χ0v) is 14.6. The highest BCUT2D eigenvalue weighted by atomic mass is 32.1. The molecule has 1 heterocycles. The molecular formula is C19H21N3O2S. The summed E-state index contributed by atoms with van der Waals surface area (Å²) in [6.45, 7) is 1.33. The molecule has 6 heteroatoms. The van der Waals surface area contributed by atoms with Crippen molar-refractivity contribution in [2.45, 2.75) is 18.9 Å². The monoisotopic (exact) mass is 355 g/mol. The number of hydrogen-bond donors (Lipinski definition) is 3. The number of carbonyl (C=O) groups excluding carboxylic acids is 1. The van der Waals surface area contributed by atoms with Crippen molar-refractivity contribution in [1.82, 2.24) is 5.32 Å². The van der Waals surface area contributed by atoms with E-state index in [9.17, 15) is 4.79 Å². The molecule has 2 aromatic carbocycles. The predicted octanol–water partition coefficient (Wildman–Crippen LogP) is 3.40. The Morgan fingerprint density at radius 3 is 2.60 bits per heavy atom. The number of carbonyl (C=O) groups is 1. The molecule has 0 aliphatic carbocycles. The molecule has 0 unspecified atom stereocenters. The van der Waals surface area contributed by atoms with Crippen LogP contribution in [0.2, 0.25) is 0 Å². The maximum atomic E-state index is 12.3. The molecule has 0 aromatic heterocycles. The average molecular weight is 355 g/mol. The van der Waals surface area contributed by atoms with E-state index in [2.05, 4.69) is 16.0 Å². The summed E-state index contributed by atoms with van der Waals surface area (Å²) in [5.74, 6) is -0.110. The SMILES string of the molecule is O=C(NC[C@H]1CCCO1)c1cccc(NC(=S)Nc2ccccc2)c1. The fourth-order valence-corrected chi connectivity index (χ4v) is 2.90. The smallest absolute Gasteiger partial charge is 0.251 e. The lowest BCUT2D eigenvalue weighted by atomic mass is 10.1. The van der Waals surface area contributed by atoms with E-state index in [1.54, 1.807) is 12.1 Å². The third kappa shape index (κ3) is 5.27. The zero-order valence-electron chi connectivity index (χ0n) is 13.8. The van der Waals surface area contributed by atoms with Crippen molar-refractivity contribution in [3.8, 4) is 0 Å². The van der Waals surface area contributed by atoms with E-state index >= 15 is 0 Å². The Morgan fingerprint density at radius 2 is 1.84 bits per heavy atom. The fourth-order valence-electron chi connectivity index (χ4n) is 2.67. The summed E-state index contributed by atoms with van der Waals surface area (Å²) in [6, 6.07) is 16.9. The van der Waals surface area contributed by atoms with Gasteiger partial charge in [-0.25, -0.2) is 0 Å². The van der Waals surface area contributed by atoms with E-state index in [1.165, 1.54) is 0 Å². The predicted molar refractivity (Wildman–Crippen MR) is 104 cm³/mol. The van der Waals surface area contributed by atoms with Gasteiger partial charge in [-0.2, -0.15) is 0 Å². The molecule has 1 aliphatic rings. The van der Waals surface area contributed by atoms with Gasteiger partial charge in [0.25, 0.3) is 5.91 Å². The van der Waals surface area contributed by atoms with Crippen LogP contribution in [0.3, 0.4) is 0 Å². The average Bonchev–Trinajstić information content (AvgIpc) is 3.14. The number of amides is 1. The molecule has 0 spiro atoms. The Balaban J connectivity index is 1.55. The summed E-state index contributed by atoms with van der Waals surface area (Å²) in [6.07, 6.45) is 2.19. The number of nitrogens with one attached hydrogen (secondary N) is 3. The summed E-state index contributed by atoms with van der Waals surface area (Å²) in [5, 5.41) is 9.60. The van der Waals surface area contributed by atoms with Gasteiger partial charge in [0, 0.05) is 30.1 Å². The molecule has 5 nitrogen and oxygen atoms in total. The highest BCUT2D eigenvalue weighted by Crippen LogP contribution is 2.14. The summed E-state index contributed by atoms with van der Waals surface area (Å²) in [5.41, 5.74) is 2.26. The number of rotatable bonds is 5. The van der Waals surface area contributed by atoms with Gasteiger partial charge in [0.2, 0.25) is 0 Å². The highest BCUT2D eigenvalue weighted by molar-refractivity contribution is 7.80. The van der Waals surface area contributed by atoms with E-state index in [-0.39, 0.29) is 12.0 Å². The minimum absolute atomic E-state index is 0.110. The molecule has 25 heavy (non-hydrogen) atoms. The minimum atomic E-state index is -0.110. The lowest BCUT2D eigenvalue weighted by Crippen LogP contribution is -2.31. The van der Waals surface area contributed by atoms with Gasteiger partial charge in [0.15, 0.2) is 5.11 Å². The van der Waals surface area contributed by atoms with Gasteiger partial charge in [0.1, 0.15) is 0 Å². The van der Waals surface area contributed by atoms with E-state index in [4.69, 9.17) is 17.0 Å². The molecule has 0 bridgehead atoms. The molecule has 1 atom stereocenters. The third-order valence-electron chi connectivity index (χ3n) is 3.93. The van der Waals surface area contributed by atoms with Crippen molar-refractivity contribution in [2.24, 2.45) is 0 Å². The van der Waals surface area contributed by atoms with Crippen LogP contribution in [-0.2, 0) is 4.74 Å². The first kappa shape index (κ1) is 17.4. The topological polar surface area (TPSA) is 62.4 Å². The molecular weight excluding hydrogens is 334 g/mol. The number of benzene rings is 2. The number of ether oxygens (including phenoxy) is 1. The van der Waals surface area contributed by atoms with Gasteiger partial charge >= 0.3 is 0 Å². The van der Waals surface area contributed by atoms with Gasteiger partial charge in [-0.15, -0.1) is 0 Å². The second kappa shape index (κ2) is 8.60. The van der Waals surface area contributed by atoms with Gasteiger partial charge in [-0.3, -0.25) is 4.79 Å². The van der Waals surface area contributed by atoms with Crippen molar-refractivity contribution in [2.75, 3.05) is 23.8 Å². The van der Waals surface area contributed by atoms with E-state index in [0.29, 0.717) is 17.2 Å². The maximum Gasteiger partial charge on any atom is 0.251 e. The first-order chi connectivity index (χ1) is 12.2. The quantitative estimate of drug-likeness (QED) is 0.718. The van der Waals surface area contributed by atoms with Crippen LogP contribution >= 0.6 is 12.2 Å². The van der Waals surface area contributed by atoms with Crippen molar-refractivity contribution < 1.29 is 9.53 Å². The Hall–Kier alpha value is -2.44. The Bertz CT molecular complexity index is 730. The Morgan fingerprint density at radius 1 is 1.08 bits per heavy atom. The van der Waals surface area contributed by atoms with E-state index in [1.807, 2.05) is 42.5 Å². The van der Waals surface area contributed by atoms with Crippen LogP contribution in [0.1, 0.15) is 23.2 Å². The van der Waals surface area contributed by atoms with Crippen LogP contribution in [0.5, 0.6) is 0 Å². The second-order valence-corrected chi connectivity index (χ2v) is 6.28. The first-order valence-corrected chi connectivity index (χ1v) is 8.74.